The second-order valence-corrected chi connectivity index (χ2v) is 7.65. The van der Waals surface area contributed by atoms with Crippen molar-refractivity contribution in [2.45, 2.75) is 0 Å². The fourth-order valence-electron chi connectivity index (χ4n) is 2.07. The van der Waals surface area contributed by atoms with Gasteiger partial charge in [-0.15, -0.1) is 0 Å². The Balaban J connectivity index is 1.72. The molecular formula is C16H11BrClN3O2S2. The van der Waals surface area contributed by atoms with E-state index in [0.717, 1.165) is 14.7 Å². The zero-order chi connectivity index (χ0) is 18.0. The molecule has 0 spiro atoms. The van der Waals surface area contributed by atoms with Crippen molar-refractivity contribution in [2.24, 2.45) is 0 Å². The number of nitrogens with one attached hydrogen (secondary N) is 2. The molecule has 0 fully saturated rings. The summed E-state index contributed by atoms with van der Waals surface area (Å²) in [6.07, 6.45) is 0. The van der Waals surface area contributed by atoms with Gasteiger partial charge < -0.3 is 10.1 Å². The van der Waals surface area contributed by atoms with Gasteiger partial charge in [-0.1, -0.05) is 44.9 Å². The second-order valence-electron chi connectivity index (χ2n) is 4.89. The van der Waals surface area contributed by atoms with Gasteiger partial charge in [0.25, 0.3) is 5.91 Å². The number of nitrogens with zero attached hydrogens (tertiary/aromatic N) is 1. The van der Waals surface area contributed by atoms with Crippen molar-refractivity contribution >= 4 is 77.5 Å². The van der Waals surface area contributed by atoms with Crippen LogP contribution in [0.25, 0.3) is 10.2 Å². The third-order valence-corrected chi connectivity index (χ3v) is 5.12. The van der Waals surface area contributed by atoms with Crippen LogP contribution in [0.3, 0.4) is 0 Å². The lowest BCUT2D eigenvalue weighted by Gasteiger charge is -2.07. The lowest BCUT2D eigenvalue weighted by atomic mass is 10.2. The molecule has 0 saturated heterocycles. The number of ether oxygens (including phenoxy) is 1. The Bertz CT molecular complexity index is 977. The van der Waals surface area contributed by atoms with Crippen molar-refractivity contribution < 1.29 is 9.53 Å². The van der Waals surface area contributed by atoms with E-state index in [2.05, 4.69) is 31.5 Å². The van der Waals surface area contributed by atoms with Gasteiger partial charge in [0.2, 0.25) is 0 Å². The first-order valence-electron chi connectivity index (χ1n) is 6.98. The molecule has 0 aliphatic heterocycles. The molecule has 0 aliphatic carbocycles. The first kappa shape index (κ1) is 18.1. The van der Waals surface area contributed by atoms with Crippen LogP contribution in [-0.2, 0) is 0 Å². The molecule has 9 heteroatoms. The number of fused-ring (bicyclic) bond motifs is 1. The molecule has 5 nitrogen and oxygen atoms in total. The molecule has 1 aromatic heterocycles. The van der Waals surface area contributed by atoms with E-state index in [1.807, 2.05) is 12.1 Å². The van der Waals surface area contributed by atoms with Gasteiger partial charge in [-0.3, -0.25) is 10.1 Å². The summed E-state index contributed by atoms with van der Waals surface area (Å²) in [6, 6.07) is 10.6. The molecule has 0 saturated carbocycles. The number of methoxy groups -OCH3 is 1. The van der Waals surface area contributed by atoms with Crippen LogP contribution < -0.4 is 15.4 Å². The number of aromatic nitrogens is 1. The van der Waals surface area contributed by atoms with E-state index in [-0.39, 0.29) is 11.0 Å². The number of amides is 1. The van der Waals surface area contributed by atoms with Crippen LogP contribution in [-0.4, -0.2) is 23.1 Å². The summed E-state index contributed by atoms with van der Waals surface area (Å²) >= 11 is 16.0. The summed E-state index contributed by atoms with van der Waals surface area (Å²) < 4.78 is 6.90. The van der Waals surface area contributed by atoms with E-state index in [1.54, 1.807) is 31.4 Å². The number of halogens is 2. The number of thiocarbonyl (C=S) groups is 1. The van der Waals surface area contributed by atoms with Crippen LogP contribution in [0.4, 0.5) is 5.13 Å². The number of hydrogen-bond donors (Lipinski definition) is 2. The maximum atomic E-state index is 12.2. The summed E-state index contributed by atoms with van der Waals surface area (Å²) in [5.74, 6) is 0.277. The number of benzene rings is 2. The zero-order valence-electron chi connectivity index (χ0n) is 12.8. The maximum Gasteiger partial charge on any atom is 0.257 e. The van der Waals surface area contributed by atoms with Crippen LogP contribution in [0.5, 0.6) is 5.75 Å². The van der Waals surface area contributed by atoms with E-state index < -0.39 is 0 Å². The lowest BCUT2D eigenvalue weighted by molar-refractivity contribution is 0.0977. The lowest BCUT2D eigenvalue weighted by Crippen LogP contribution is -2.34. The predicted octanol–water partition coefficient (Wildman–Crippen LogP) is 4.85. The summed E-state index contributed by atoms with van der Waals surface area (Å²) in [5.41, 5.74) is 1.22. The van der Waals surface area contributed by atoms with Crippen molar-refractivity contribution in [3.63, 3.8) is 0 Å². The average Bonchev–Trinajstić information content (AvgIpc) is 2.94. The molecule has 0 atom stereocenters. The van der Waals surface area contributed by atoms with Crippen LogP contribution >= 0.6 is 51.1 Å². The van der Waals surface area contributed by atoms with Gasteiger partial charge in [0.15, 0.2) is 10.2 Å². The number of rotatable bonds is 3. The summed E-state index contributed by atoms with van der Waals surface area (Å²) in [4.78, 5) is 16.6. The largest absolute Gasteiger partial charge is 0.495 e. The third kappa shape index (κ3) is 4.27. The fourth-order valence-corrected chi connectivity index (χ4v) is 3.84. The van der Waals surface area contributed by atoms with Gasteiger partial charge in [-0.25, -0.2) is 4.98 Å². The van der Waals surface area contributed by atoms with Gasteiger partial charge >= 0.3 is 0 Å². The molecule has 128 valence electrons. The van der Waals surface area contributed by atoms with Crippen LogP contribution in [0.2, 0.25) is 5.02 Å². The van der Waals surface area contributed by atoms with Crippen LogP contribution in [0.1, 0.15) is 10.4 Å². The SMILES string of the molecule is COc1cc2sc(NC(=S)NC(=O)c3cccc(Br)c3)nc2cc1Cl. The first-order valence-corrected chi connectivity index (χ1v) is 9.38. The predicted molar refractivity (Wildman–Crippen MR) is 109 cm³/mol. The minimum absolute atomic E-state index is 0.169. The standard InChI is InChI=1S/C16H11BrClN3O2S2/c1-23-12-7-13-11(6-10(12)18)19-16(25-13)21-15(24)20-14(22)8-3-2-4-9(17)5-8/h2-7H,1H3,(H2,19,20,21,22,24). The number of thiazole rings is 1. The maximum absolute atomic E-state index is 12.2. The number of anilines is 1. The fraction of sp³-hybridized carbons (Fsp3) is 0.0625. The summed E-state index contributed by atoms with van der Waals surface area (Å²) in [6.45, 7) is 0. The van der Waals surface area contributed by atoms with Gasteiger partial charge in [0.05, 0.1) is 22.3 Å². The second kappa shape index (κ2) is 7.65. The van der Waals surface area contributed by atoms with Crippen molar-refractivity contribution in [3.05, 3.63) is 51.5 Å². The molecule has 25 heavy (non-hydrogen) atoms. The number of carbonyl (C=O) groups is 1. The Morgan fingerprint density at radius 3 is 2.88 bits per heavy atom. The Kier molecular flexibility index (Phi) is 5.53. The summed E-state index contributed by atoms with van der Waals surface area (Å²) in [5, 5.41) is 6.75. The molecule has 1 heterocycles. The van der Waals surface area contributed by atoms with E-state index >= 15 is 0 Å². The van der Waals surface area contributed by atoms with Crippen LogP contribution in [0, 0.1) is 0 Å². The molecule has 0 bridgehead atoms. The number of carbonyl (C=O) groups excluding carboxylic acids is 1. The highest BCUT2D eigenvalue weighted by molar-refractivity contribution is 9.10. The van der Waals surface area contributed by atoms with Gasteiger partial charge in [-0.2, -0.15) is 0 Å². The van der Waals surface area contributed by atoms with E-state index in [4.69, 9.17) is 28.6 Å². The molecular weight excluding hydrogens is 446 g/mol. The molecule has 3 rings (SSSR count). The highest BCUT2D eigenvalue weighted by Crippen LogP contribution is 2.34. The van der Waals surface area contributed by atoms with E-state index in [9.17, 15) is 4.79 Å². The Morgan fingerprint density at radius 2 is 2.16 bits per heavy atom. The van der Waals surface area contributed by atoms with E-state index in [1.165, 1.54) is 11.3 Å². The summed E-state index contributed by atoms with van der Waals surface area (Å²) in [7, 11) is 1.56. The monoisotopic (exact) mass is 455 g/mol. The normalized spacial score (nSPS) is 10.5. The topological polar surface area (TPSA) is 63.2 Å². The Hall–Kier alpha value is -1.74. The molecule has 2 aromatic carbocycles. The van der Waals surface area contributed by atoms with Crippen molar-refractivity contribution in [3.8, 4) is 5.75 Å². The molecule has 3 aromatic rings. The average molecular weight is 457 g/mol. The van der Waals surface area contributed by atoms with Crippen molar-refractivity contribution in [2.75, 3.05) is 12.4 Å². The minimum Gasteiger partial charge on any atom is -0.495 e. The van der Waals surface area contributed by atoms with Gasteiger partial charge in [-0.05, 0) is 36.5 Å². The highest BCUT2D eigenvalue weighted by atomic mass is 79.9. The third-order valence-electron chi connectivity index (χ3n) is 3.20. The molecule has 0 radical (unpaired) electrons. The highest BCUT2D eigenvalue weighted by Gasteiger charge is 2.12. The molecule has 2 N–H and O–H groups in total. The quantitative estimate of drug-likeness (QED) is 0.552. The van der Waals surface area contributed by atoms with Crippen LogP contribution in [0.15, 0.2) is 40.9 Å². The smallest absolute Gasteiger partial charge is 0.257 e. The van der Waals surface area contributed by atoms with Gasteiger partial charge in [0.1, 0.15) is 5.75 Å². The van der Waals surface area contributed by atoms with Crippen molar-refractivity contribution in [1.29, 1.82) is 0 Å². The Morgan fingerprint density at radius 1 is 1.36 bits per heavy atom. The Labute approximate surface area is 166 Å². The molecule has 0 unspecified atom stereocenters. The minimum atomic E-state index is -0.301. The van der Waals surface area contributed by atoms with Crippen molar-refractivity contribution in [1.82, 2.24) is 10.3 Å². The van der Waals surface area contributed by atoms with Gasteiger partial charge in [0, 0.05) is 16.1 Å². The zero-order valence-corrected chi connectivity index (χ0v) is 16.8. The first-order chi connectivity index (χ1) is 12.0. The number of hydrogen-bond acceptors (Lipinski definition) is 5. The van der Waals surface area contributed by atoms with E-state index in [0.29, 0.717) is 21.5 Å². The molecule has 0 aliphatic rings. The molecule has 1 amide bonds.